The monoisotopic (exact) mass is 350 g/mol. The average Bonchev–Trinajstić information content (AvgIpc) is 2.91. The predicted molar refractivity (Wildman–Crippen MR) is 83.8 cm³/mol. The SMILES string of the molecule is O=C1NC(=O)C(=Cc2ccc(-c3ccc(Cl)cc3Cl)o2)C(=O)N1. The van der Waals surface area contributed by atoms with Crippen LogP contribution in [0, 0.1) is 0 Å². The van der Waals surface area contributed by atoms with Gasteiger partial charge in [0.1, 0.15) is 17.1 Å². The standard InChI is InChI=1S/C15H8Cl2N2O4/c16-7-1-3-9(11(17)5-7)12-4-2-8(23-12)6-10-13(20)18-15(22)19-14(10)21/h1-6H,(H2,18,19,20,21,22). The maximum Gasteiger partial charge on any atom is 0.328 e. The highest BCUT2D eigenvalue weighted by Crippen LogP contribution is 2.32. The summed E-state index contributed by atoms with van der Waals surface area (Å²) in [6.07, 6.45) is 1.24. The zero-order chi connectivity index (χ0) is 16.6. The van der Waals surface area contributed by atoms with Gasteiger partial charge in [0.05, 0.1) is 5.02 Å². The summed E-state index contributed by atoms with van der Waals surface area (Å²) in [4.78, 5) is 34.3. The molecule has 1 saturated heterocycles. The number of benzene rings is 1. The van der Waals surface area contributed by atoms with Crippen LogP contribution in [0.2, 0.25) is 10.0 Å². The van der Waals surface area contributed by atoms with Crippen LogP contribution in [-0.2, 0) is 9.59 Å². The van der Waals surface area contributed by atoms with E-state index in [-0.39, 0.29) is 11.3 Å². The van der Waals surface area contributed by atoms with Gasteiger partial charge in [0.2, 0.25) is 0 Å². The lowest BCUT2D eigenvalue weighted by Gasteiger charge is -2.13. The van der Waals surface area contributed by atoms with E-state index in [4.69, 9.17) is 27.6 Å². The van der Waals surface area contributed by atoms with Crippen molar-refractivity contribution in [2.45, 2.75) is 0 Å². The fraction of sp³-hybridized carbons (Fsp3) is 0. The number of carbonyl (C=O) groups is 3. The Labute approximate surface area is 140 Å². The van der Waals surface area contributed by atoms with Gasteiger partial charge < -0.3 is 4.42 Å². The molecule has 0 radical (unpaired) electrons. The molecule has 6 nitrogen and oxygen atoms in total. The first-order valence-electron chi connectivity index (χ1n) is 6.37. The van der Waals surface area contributed by atoms with Crippen molar-refractivity contribution in [1.82, 2.24) is 10.6 Å². The Hall–Kier alpha value is -2.57. The van der Waals surface area contributed by atoms with Crippen LogP contribution in [0.4, 0.5) is 4.79 Å². The van der Waals surface area contributed by atoms with Crippen LogP contribution in [0.3, 0.4) is 0 Å². The van der Waals surface area contributed by atoms with Crippen molar-refractivity contribution in [3.05, 3.63) is 51.7 Å². The van der Waals surface area contributed by atoms with Gasteiger partial charge >= 0.3 is 6.03 Å². The quantitative estimate of drug-likeness (QED) is 0.643. The summed E-state index contributed by atoms with van der Waals surface area (Å²) in [6, 6.07) is 7.29. The van der Waals surface area contributed by atoms with Crippen LogP contribution in [0.1, 0.15) is 5.76 Å². The Kier molecular flexibility index (Phi) is 3.94. The average molecular weight is 351 g/mol. The molecule has 8 heteroatoms. The zero-order valence-corrected chi connectivity index (χ0v) is 12.9. The molecule has 1 fully saturated rings. The second-order valence-electron chi connectivity index (χ2n) is 4.62. The maximum absolute atomic E-state index is 11.6. The van der Waals surface area contributed by atoms with Gasteiger partial charge in [0.25, 0.3) is 11.8 Å². The van der Waals surface area contributed by atoms with Crippen LogP contribution in [0.15, 0.2) is 40.3 Å². The second kappa shape index (κ2) is 5.91. The van der Waals surface area contributed by atoms with E-state index in [1.54, 1.807) is 30.3 Å². The summed E-state index contributed by atoms with van der Waals surface area (Å²) >= 11 is 11.9. The van der Waals surface area contributed by atoms with E-state index in [9.17, 15) is 14.4 Å². The van der Waals surface area contributed by atoms with Crippen LogP contribution in [-0.4, -0.2) is 17.8 Å². The first kappa shape index (κ1) is 15.3. The number of carbonyl (C=O) groups excluding carboxylic acids is 3. The van der Waals surface area contributed by atoms with Gasteiger partial charge in [-0.25, -0.2) is 4.79 Å². The number of hydrogen-bond donors (Lipinski definition) is 2. The highest BCUT2D eigenvalue weighted by atomic mass is 35.5. The summed E-state index contributed by atoms with van der Waals surface area (Å²) in [5.41, 5.74) is 0.390. The number of halogens is 2. The van der Waals surface area contributed by atoms with E-state index in [2.05, 4.69) is 0 Å². The van der Waals surface area contributed by atoms with Gasteiger partial charge in [-0.1, -0.05) is 23.2 Å². The predicted octanol–water partition coefficient (Wildman–Crippen LogP) is 3.00. The molecule has 0 aliphatic carbocycles. The van der Waals surface area contributed by atoms with E-state index in [1.807, 2.05) is 10.6 Å². The molecule has 2 heterocycles. The third kappa shape index (κ3) is 3.13. The maximum atomic E-state index is 11.6. The van der Waals surface area contributed by atoms with E-state index in [0.29, 0.717) is 21.4 Å². The van der Waals surface area contributed by atoms with E-state index in [0.717, 1.165) is 0 Å². The molecule has 23 heavy (non-hydrogen) atoms. The normalized spacial score (nSPS) is 14.5. The second-order valence-corrected chi connectivity index (χ2v) is 5.47. The summed E-state index contributed by atoms with van der Waals surface area (Å²) in [5, 5.41) is 4.86. The van der Waals surface area contributed by atoms with Crippen LogP contribution in [0.5, 0.6) is 0 Å². The van der Waals surface area contributed by atoms with Crippen LogP contribution in [0.25, 0.3) is 17.4 Å². The molecule has 116 valence electrons. The number of urea groups is 1. The van der Waals surface area contributed by atoms with Gasteiger partial charge in [-0.05, 0) is 36.4 Å². The van der Waals surface area contributed by atoms with Crippen molar-refractivity contribution >= 4 is 47.1 Å². The van der Waals surface area contributed by atoms with Gasteiger partial charge in [0, 0.05) is 10.6 Å². The topological polar surface area (TPSA) is 88.4 Å². The van der Waals surface area contributed by atoms with Crippen molar-refractivity contribution in [3.63, 3.8) is 0 Å². The molecule has 1 aromatic carbocycles. The fourth-order valence-electron chi connectivity index (χ4n) is 2.01. The van der Waals surface area contributed by atoms with Crippen LogP contribution >= 0.6 is 23.2 Å². The number of amides is 4. The minimum absolute atomic E-state index is 0.229. The number of nitrogens with one attached hydrogen (secondary N) is 2. The largest absolute Gasteiger partial charge is 0.457 e. The molecular weight excluding hydrogens is 343 g/mol. The Morgan fingerprint density at radius 2 is 1.65 bits per heavy atom. The van der Waals surface area contributed by atoms with Crippen molar-refractivity contribution in [2.24, 2.45) is 0 Å². The Morgan fingerprint density at radius 3 is 2.30 bits per heavy atom. The third-order valence-corrected chi connectivity index (χ3v) is 3.60. The van der Waals surface area contributed by atoms with Gasteiger partial charge in [-0.2, -0.15) is 0 Å². The number of barbiturate groups is 1. The summed E-state index contributed by atoms with van der Waals surface area (Å²) in [7, 11) is 0. The van der Waals surface area contributed by atoms with Crippen molar-refractivity contribution in [3.8, 4) is 11.3 Å². The van der Waals surface area contributed by atoms with Crippen molar-refractivity contribution < 1.29 is 18.8 Å². The Bertz CT molecular complexity index is 848. The lowest BCUT2D eigenvalue weighted by Crippen LogP contribution is -2.51. The zero-order valence-electron chi connectivity index (χ0n) is 11.4. The lowest BCUT2D eigenvalue weighted by molar-refractivity contribution is -0.123. The first-order chi connectivity index (χ1) is 10.9. The minimum atomic E-state index is -0.856. The highest BCUT2D eigenvalue weighted by Gasteiger charge is 2.28. The first-order valence-corrected chi connectivity index (χ1v) is 7.13. The summed E-state index contributed by atoms with van der Waals surface area (Å²) in [5.74, 6) is -0.866. The highest BCUT2D eigenvalue weighted by molar-refractivity contribution is 6.36. The molecule has 2 aromatic rings. The number of furan rings is 1. The Morgan fingerprint density at radius 1 is 0.957 bits per heavy atom. The molecule has 1 aliphatic rings. The molecule has 2 N–H and O–H groups in total. The molecule has 1 aliphatic heterocycles. The molecule has 0 bridgehead atoms. The molecular formula is C15H8Cl2N2O4. The number of rotatable bonds is 2. The molecule has 4 amide bonds. The molecule has 0 atom stereocenters. The Balaban J connectivity index is 1.93. The molecule has 0 spiro atoms. The van der Waals surface area contributed by atoms with Crippen LogP contribution < -0.4 is 10.6 Å². The van der Waals surface area contributed by atoms with Gasteiger partial charge in [-0.15, -0.1) is 0 Å². The number of hydrogen-bond acceptors (Lipinski definition) is 4. The molecule has 1 aromatic heterocycles. The van der Waals surface area contributed by atoms with E-state index < -0.39 is 17.8 Å². The van der Waals surface area contributed by atoms with Crippen molar-refractivity contribution in [2.75, 3.05) is 0 Å². The minimum Gasteiger partial charge on any atom is -0.457 e. The van der Waals surface area contributed by atoms with Gasteiger partial charge in [0.15, 0.2) is 0 Å². The smallest absolute Gasteiger partial charge is 0.328 e. The van der Waals surface area contributed by atoms with Crippen molar-refractivity contribution in [1.29, 1.82) is 0 Å². The van der Waals surface area contributed by atoms with E-state index >= 15 is 0 Å². The molecule has 0 unspecified atom stereocenters. The lowest BCUT2D eigenvalue weighted by atomic mass is 10.1. The summed E-state index contributed by atoms with van der Waals surface area (Å²) < 4.78 is 5.57. The molecule has 0 saturated carbocycles. The summed E-state index contributed by atoms with van der Waals surface area (Å²) in [6.45, 7) is 0. The van der Waals surface area contributed by atoms with E-state index in [1.165, 1.54) is 6.08 Å². The third-order valence-electron chi connectivity index (χ3n) is 3.05. The molecule has 3 rings (SSSR count). The van der Waals surface area contributed by atoms with Gasteiger partial charge in [-0.3, -0.25) is 20.2 Å². The number of imide groups is 2. The fourth-order valence-corrected chi connectivity index (χ4v) is 2.51.